The molecule has 1 aliphatic rings. The fourth-order valence-electron chi connectivity index (χ4n) is 2.84. The van der Waals surface area contributed by atoms with Gasteiger partial charge in [-0.05, 0) is 13.3 Å². The lowest BCUT2D eigenvalue weighted by atomic mass is 10.2. The van der Waals surface area contributed by atoms with E-state index in [1.54, 1.807) is 19.6 Å². The average molecular weight is 325 g/mol. The lowest BCUT2D eigenvalue weighted by Crippen LogP contribution is -2.36. The number of nitriles is 1. The Hall–Kier alpha value is -2.79. The molecule has 124 valence electrons. The summed E-state index contributed by atoms with van der Waals surface area (Å²) in [6, 6.07) is 4.17. The van der Waals surface area contributed by atoms with Crippen molar-refractivity contribution in [2.75, 3.05) is 30.4 Å². The molecule has 0 amide bonds. The van der Waals surface area contributed by atoms with Crippen molar-refractivity contribution in [2.24, 2.45) is 0 Å². The minimum absolute atomic E-state index is 0.156. The Bertz CT molecular complexity index is 745. The molecule has 0 unspecified atom stereocenters. The highest BCUT2D eigenvalue weighted by atomic mass is 16.5. The molecule has 0 saturated carbocycles. The van der Waals surface area contributed by atoms with Crippen LogP contribution >= 0.6 is 0 Å². The molecular weight excluding hydrogens is 306 g/mol. The number of hydrogen-bond acceptors (Lipinski definition) is 8. The highest BCUT2D eigenvalue weighted by Gasteiger charge is 2.33. The summed E-state index contributed by atoms with van der Waals surface area (Å²) >= 11 is 0. The summed E-state index contributed by atoms with van der Waals surface area (Å²) in [4.78, 5) is 19.0. The standard InChI is InChI=1S/C16H19N7O/c1-11-3-16(21-10-20-11)23-9-14(24-2)4-13(23)7-19-15-8-18-6-12(5-17)22-15/h3,6,8,10,13-14H,4,7,9H2,1-2H3,(H,19,22)/t13-,14-/m0/s1. The second-order valence-corrected chi connectivity index (χ2v) is 5.70. The highest BCUT2D eigenvalue weighted by molar-refractivity contribution is 5.43. The van der Waals surface area contributed by atoms with Crippen LogP contribution in [0.4, 0.5) is 11.6 Å². The molecule has 3 heterocycles. The van der Waals surface area contributed by atoms with Crippen LogP contribution in [0, 0.1) is 18.3 Å². The molecule has 2 atom stereocenters. The van der Waals surface area contributed by atoms with Gasteiger partial charge in [0.15, 0.2) is 5.69 Å². The van der Waals surface area contributed by atoms with Crippen LogP contribution in [0.3, 0.4) is 0 Å². The monoisotopic (exact) mass is 325 g/mol. The molecule has 24 heavy (non-hydrogen) atoms. The van der Waals surface area contributed by atoms with Gasteiger partial charge in [0.1, 0.15) is 24.0 Å². The number of ether oxygens (including phenoxy) is 1. The number of nitrogens with one attached hydrogen (secondary N) is 1. The molecule has 2 aromatic rings. The van der Waals surface area contributed by atoms with Crippen molar-refractivity contribution in [1.82, 2.24) is 19.9 Å². The molecule has 3 rings (SSSR count). The quantitative estimate of drug-likeness (QED) is 0.874. The summed E-state index contributed by atoms with van der Waals surface area (Å²) in [5.74, 6) is 1.49. The zero-order valence-corrected chi connectivity index (χ0v) is 13.7. The third kappa shape index (κ3) is 3.58. The maximum absolute atomic E-state index is 8.91. The molecule has 0 spiro atoms. The first kappa shape index (κ1) is 16.1. The molecule has 8 nitrogen and oxygen atoms in total. The summed E-state index contributed by atoms with van der Waals surface area (Å²) in [5, 5.41) is 12.2. The van der Waals surface area contributed by atoms with E-state index in [9.17, 15) is 0 Å². The molecule has 0 aliphatic carbocycles. The van der Waals surface area contributed by atoms with Crippen molar-refractivity contribution in [2.45, 2.75) is 25.5 Å². The lowest BCUT2D eigenvalue weighted by Gasteiger charge is -2.25. The van der Waals surface area contributed by atoms with Crippen molar-refractivity contribution in [1.29, 1.82) is 5.26 Å². The van der Waals surface area contributed by atoms with Gasteiger partial charge >= 0.3 is 0 Å². The van der Waals surface area contributed by atoms with Gasteiger partial charge in [0.05, 0.1) is 24.5 Å². The van der Waals surface area contributed by atoms with E-state index in [0.29, 0.717) is 18.1 Å². The van der Waals surface area contributed by atoms with Crippen LogP contribution < -0.4 is 10.2 Å². The Morgan fingerprint density at radius 3 is 3.04 bits per heavy atom. The van der Waals surface area contributed by atoms with Gasteiger partial charge in [0.25, 0.3) is 0 Å². The molecule has 0 aromatic carbocycles. The molecule has 8 heteroatoms. The van der Waals surface area contributed by atoms with Crippen molar-refractivity contribution < 1.29 is 4.74 Å². The van der Waals surface area contributed by atoms with Gasteiger partial charge in [-0.25, -0.2) is 15.0 Å². The minimum Gasteiger partial charge on any atom is -0.380 e. The fourth-order valence-corrected chi connectivity index (χ4v) is 2.84. The smallest absolute Gasteiger partial charge is 0.161 e. The third-order valence-corrected chi connectivity index (χ3v) is 4.06. The van der Waals surface area contributed by atoms with Crippen molar-refractivity contribution in [3.05, 3.63) is 36.2 Å². The van der Waals surface area contributed by atoms with Crippen LogP contribution in [0.25, 0.3) is 0 Å². The predicted octanol–water partition coefficient (Wildman–Crippen LogP) is 1.15. The summed E-state index contributed by atoms with van der Waals surface area (Å²) in [7, 11) is 1.73. The van der Waals surface area contributed by atoms with Crippen molar-refractivity contribution in [3.63, 3.8) is 0 Å². The number of aromatic nitrogens is 4. The summed E-state index contributed by atoms with van der Waals surface area (Å²) in [6.45, 7) is 3.39. The number of methoxy groups -OCH3 is 1. The molecule has 2 aromatic heterocycles. The predicted molar refractivity (Wildman–Crippen MR) is 88.6 cm³/mol. The first-order chi connectivity index (χ1) is 11.7. The normalized spacial score (nSPS) is 20.0. The van der Waals surface area contributed by atoms with Crippen LogP contribution in [-0.2, 0) is 4.74 Å². The SMILES string of the molecule is CO[C@H]1C[C@@H](CNc2cncc(C#N)n2)N(c2cc(C)ncn2)C1. The van der Waals surface area contributed by atoms with E-state index in [2.05, 4.69) is 30.2 Å². The first-order valence-corrected chi connectivity index (χ1v) is 7.73. The zero-order valence-electron chi connectivity index (χ0n) is 13.7. The lowest BCUT2D eigenvalue weighted by molar-refractivity contribution is 0.118. The maximum Gasteiger partial charge on any atom is 0.161 e. The van der Waals surface area contributed by atoms with E-state index in [4.69, 9.17) is 10.00 Å². The van der Waals surface area contributed by atoms with Gasteiger partial charge in [-0.2, -0.15) is 5.26 Å². The second-order valence-electron chi connectivity index (χ2n) is 5.70. The Balaban J connectivity index is 1.73. The number of hydrogen-bond donors (Lipinski definition) is 1. The van der Waals surface area contributed by atoms with Crippen LogP contribution in [0.1, 0.15) is 17.8 Å². The average Bonchev–Trinajstić information content (AvgIpc) is 3.03. The van der Waals surface area contributed by atoms with Gasteiger partial charge in [-0.1, -0.05) is 0 Å². The van der Waals surface area contributed by atoms with E-state index in [1.807, 2.05) is 19.1 Å². The Morgan fingerprint density at radius 2 is 2.29 bits per heavy atom. The summed E-state index contributed by atoms with van der Waals surface area (Å²) in [6.07, 6.45) is 5.68. The Morgan fingerprint density at radius 1 is 1.42 bits per heavy atom. The molecule has 0 bridgehead atoms. The van der Waals surface area contributed by atoms with Crippen LogP contribution in [-0.4, -0.2) is 52.3 Å². The molecular formula is C16H19N7O. The van der Waals surface area contributed by atoms with E-state index >= 15 is 0 Å². The van der Waals surface area contributed by atoms with Crippen LogP contribution in [0.15, 0.2) is 24.8 Å². The van der Waals surface area contributed by atoms with E-state index in [1.165, 1.54) is 6.20 Å². The van der Waals surface area contributed by atoms with Gasteiger partial charge < -0.3 is 15.0 Å². The third-order valence-electron chi connectivity index (χ3n) is 4.06. The first-order valence-electron chi connectivity index (χ1n) is 7.73. The van der Waals surface area contributed by atoms with E-state index in [0.717, 1.165) is 24.5 Å². The number of anilines is 2. The van der Waals surface area contributed by atoms with Gasteiger partial charge in [-0.15, -0.1) is 0 Å². The molecule has 0 radical (unpaired) electrons. The van der Waals surface area contributed by atoms with Crippen LogP contribution in [0.5, 0.6) is 0 Å². The zero-order chi connectivity index (χ0) is 16.9. The highest BCUT2D eigenvalue weighted by Crippen LogP contribution is 2.25. The fraction of sp³-hybridized carbons (Fsp3) is 0.438. The number of nitrogens with zero attached hydrogens (tertiary/aromatic N) is 6. The second kappa shape index (κ2) is 7.19. The molecule has 1 aliphatic heterocycles. The Kier molecular flexibility index (Phi) is 4.82. The van der Waals surface area contributed by atoms with Gasteiger partial charge in [-0.3, -0.25) is 4.98 Å². The Labute approximate surface area is 140 Å². The topological polar surface area (TPSA) is 99.8 Å². The molecule has 1 N–H and O–H groups in total. The maximum atomic E-state index is 8.91. The minimum atomic E-state index is 0.156. The molecule has 1 fully saturated rings. The number of aryl methyl sites for hydroxylation is 1. The number of rotatable bonds is 5. The van der Waals surface area contributed by atoms with Gasteiger partial charge in [0.2, 0.25) is 0 Å². The van der Waals surface area contributed by atoms with Crippen LogP contribution in [0.2, 0.25) is 0 Å². The summed E-state index contributed by atoms with van der Waals surface area (Å²) < 4.78 is 5.53. The van der Waals surface area contributed by atoms with E-state index < -0.39 is 0 Å². The van der Waals surface area contributed by atoms with Crippen molar-refractivity contribution in [3.8, 4) is 6.07 Å². The van der Waals surface area contributed by atoms with Crippen molar-refractivity contribution >= 4 is 11.6 Å². The largest absolute Gasteiger partial charge is 0.380 e. The van der Waals surface area contributed by atoms with Gasteiger partial charge in [0, 0.05) is 32.0 Å². The van der Waals surface area contributed by atoms with E-state index in [-0.39, 0.29) is 12.1 Å². The molecule has 1 saturated heterocycles. The summed E-state index contributed by atoms with van der Waals surface area (Å²) in [5.41, 5.74) is 1.23.